The summed E-state index contributed by atoms with van der Waals surface area (Å²) < 4.78 is 10.2. The minimum absolute atomic E-state index is 0.304. The third kappa shape index (κ3) is 7.98. The van der Waals surface area contributed by atoms with Gasteiger partial charge in [0, 0.05) is 6.61 Å². The quantitative estimate of drug-likeness (QED) is 0.475. The molecule has 0 saturated carbocycles. The van der Waals surface area contributed by atoms with Gasteiger partial charge in [-0.25, -0.2) is 0 Å². The highest BCUT2D eigenvalue weighted by Crippen LogP contribution is 2.00. The van der Waals surface area contributed by atoms with Crippen LogP contribution in [-0.4, -0.2) is 24.3 Å². The van der Waals surface area contributed by atoms with Crippen LogP contribution in [0.2, 0.25) is 0 Å². The van der Waals surface area contributed by atoms with E-state index in [9.17, 15) is 0 Å². The first-order valence-corrected chi connectivity index (χ1v) is 4.62. The second kappa shape index (κ2) is 7.53. The Labute approximate surface area is 74.7 Å². The first kappa shape index (κ1) is 11.9. The fourth-order valence-electron chi connectivity index (χ4n) is 0.918. The SMILES string of the molecule is CCCCCOC(C)OC(C)O. The molecule has 0 aliphatic carbocycles. The molecule has 74 valence electrons. The largest absolute Gasteiger partial charge is 0.368 e. The van der Waals surface area contributed by atoms with E-state index in [1.807, 2.05) is 0 Å². The van der Waals surface area contributed by atoms with Gasteiger partial charge in [0.15, 0.2) is 12.6 Å². The minimum Gasteiger partial charge on any atom is -0.368 e. The average Bonchev–Trinajstić information content (AvgIpc) is 1.97. The summed E-state index contributed by atoms with van der Waals surface area (Å²) in [4.78, 5) is 0. The second-order valence-electron chi connectivity index (χ2n) is 2.88. The molecule has 3 heteroatoms. The Morgan fingerprint density at radius 1 is 1.25 bits per heavy atom. The monoisotopic (exact) mass is 176 g/mol. The molecular weight excluding hydrogens is 156 g/mol. The Morgan fingerprint density at radius 2 is 1.92 bits per heavy atom. The van der Waals surface area contributed by atoms with Crippen LogP contribution in [0.5, 0.6) is 0 Å². The summed E-state index contributed by atoms with van der Waals surface area (Å²) >= 11 is 0. The highest BCUT2D eigenvalue weighted by molar-refractivity contribution is 4.38. The van der Waals surface area contributed by atoms with Crippen molar-refractivity contribution in [1.29, 1.82) is 0 Å². The predicted molar refractivity (Wildman–Crippen MR) is 47.7 cm³/mol. The van der Waals surface area contributed by atoms with Crippen LogP contribution in [0.4, 0.5) is 0 Å². The van der Waals surface area contributed by atoms with Crippen LogP contribution >= 0.6 is 0 Å². The Kier molecular flexibility index (Phi) is 7.45. The van der Waals surface area contributed by atoms with E-state index in [2.05, 4.69) is 6.92 Å². The molecule has 1 N–H and O–H groups in total. The van der Waals surface area contributed by atoms with Crippen molar-refractivity contribution >= 4 is 0 Å². The van der Waals surface area contributed by atoms with Gasteiger partial charge in [-0.3, -0.25) is 0 Å². The summed E-state index contributed by atoms with van der Waals surface area (Å²) in [7, 11) is 0. The third-order valence-corrected chi connectivity index (χ3v) is 1.49. The molecule has 0 amide bonds. The maximum absolute atomic E-state index is 8.82. The van der Waals surface area contributed by atoms with Crippen LogP contribution < -0.4 is 0 Å². The van der Waals surface area contributed by atoms with Crippen molar-refractivity contribution in [1.82, 2.24) is 0 Å². The van der Waals surface area contributed by atoms with Crippen LogP contribution in [0.3, 0.4) is 0 Å². The molecular formula is C9H20O3. The summed E-state index contributed by atoms with van der Waals surface area (Å²) in [6, 6.07) is 0. The van der Waals surface area contributed by atoms with Gasteiger partial charge in [0.25, 0.3) is 0 Å². The molecule has 0 fully saturated rings. The molecule has 0 spiro atoms. The second-order valence-corrected chi connectivity index (χ2v) is 2.88. The molecule has 0 radical (unpaired) electrons. The highest BCUT2D eigenvalue weighted by atomic mass is 16.7. The van der Waals surface area contributed by atoms with Crippen molar-refractivity contribution in [2.75, 3.05) is 6.61 Å². The normalized spacial score (nSPS) is 16.0. The zero-order chi connectivity index (χ0) is 9.40. The summed E-state index contributed by atoms with van der Waals surface area (Å²) in [5.74, 6) is 0. The van der Waals surface area contributed by atoms with Gasteiger partial charge in [0.1, 0.15) is 0 Å². The zero-order valence-corrected chi connectivity index (χ0v) is 8.25. The predicted octanol–water partition coefficient (Wildman–Crippen LogP) is 1.89. The summed E-state index contributed by atoms with van der Waals surface area (Å²) in [6.45, 7) is 6.22. The topological polar surface area (TPSA) is 38.7 Å². The van der Waals surface area contributed by atoms with Crippen LogP contribution in [0.1, 0.15) is 40.0 Å². The molecule has 0 aromatic heterocycles. The average molecular weight is 176 g/mol. The van der Waals surface area contributed by atoms with E-state index in [0.717, 1.165) is 6.42 Å². The van der Waals surface area contributed by atoms with Gasteiger partial charge in [0.2, 0.25) is 0 Å². The first-order chi connectivity index (χ1) is 5.66. The third-order valence-electron chi connectivity index (χ3n) is 1.49. The molecule has 0 heterocycles. The van der Waals surface area contributed by atoms with Crippen molar-refractivity contribution < 1.29 is 14.6 Å². The Morgan fingerprint density at radius 3 is 2.42 bits per heavy atom. The fraction of sp³-hybridized carbons (Fsp3) is 1.00. The van der Waals surface area contributed by atoms with Crippen molar-refractivity contribution in [3.63, 3.8) is 0 Å². The van der Waals surface area contributed by atoms with Gasteiger partial charge in [0.05, 0.1) is 0 Å². The number of ether oxygens (including phenoxy) is 2. The Hall–Kier alpha value is -0.120. The summed E-state index contributed by atoms with van der Waals surface area (Å²) in [5.41, 5.74) is 0. The van der Waals surface area contributed by atoms with Gasteiger partial charge in [-0.1, -0.05) is 19.8 Å². The summed E-state index contributed by atoms with van der Waals surface area (Å²) in [5, 5.41) is 8.82. The van der Waals surface area contributed by atoms with Crippen molar-refractivity contribution in [3.05, 3.63) is 0 Å². The number of hydrogen-bond acceptors (Lipinski definition) is 3. The molecule has 0 aliphatic rings. The molecule has 3 nitrogen and oxygen atoms in total. The first-order valence-electron chi connectivity index (χ1n) is 4.62. The van der Waals surface area contributed by atoms with Crippen LogP contribution in [0.15, 0.2) is 0 Å². The molecule has 0 bridgehead atoms. The molecule has 2 unspecified atom stereocenters. The van der Waals surface area contributed by atoms with E-state index in [4.69, 9.17) is 14.6 Å². The lowest BCUT2D eigenvalue weighted by atomic mass is 10.3. The van der Waals surface area contributed by atoms with Gasteiger partial charge in [-0.2, -0.15) is 0 Å². The van der Waals surface area contributed by atoms with Crippen molar-refractivity contribution in [2.45, 2.75) is 52.6 Å². The standard InChI is InChI=1S/C9H20O3/c1-4-5-6-7-11-9(3)12-8(2)10/h8-10H,4-7H2,1-3H3. The molecule has 0 rings (SSSR count). The molecule has 0 aromatic carbocycles. The molecule has 12 heavy (non-hydrogen) atoms. The zero-order valence-electron chi connectivity index (χ0n) is 8.25. The van der Waals surface area contributed by atoms with Crippen molar-refractivity contribution in [2.24, 2.45) is 0 Å². The molecule has 0 aliphatic heterocycles. The molecule has 0 saturated heterocycles. The maximum atomic E-state index is 8.82. The number of rotatable bonds is 7. The lowest BCUT2D eigenvalue weighted by Crippen LogP contribution is -2.19. The van der Waals surface area contributed by atoms with Crippen molar-refractivity contribution in [3.8, 4) is 0 Å². The number of unbranched alkanes of at least 4 members (excludes halogenated alkanes) is 2. The number of aliphatic hydroxyl groups excluding tert-OH is 1. The van der Waals surface area contributed by atoms with E-state index >= 15 is 0 Å². The minimum atomic E-state index is -0.744. The van der Waals surface area contributed by atoms with E-state index in [-0.39, 0.29) is 6.29 Å². The van der Waals surface area contributed by atoms with Gasteiger partial charge < -0.3 is 14.6 Å². The smallest absolute Gasteiger partial charge is 0.157 e. The number of aliphatic hydroxyl groups is 1. The summed E-state index contributed by atoms with van der Waals surface area (Å²) in [6.07, 6.45) is 2.38. The van der Waals surface area contributed by atoms with Gasteiger partial charge in [-0.05, 0) is 20.3 Å². The lowest BCUT2D eigenvalue weighted by molar-refractivity contribution is -0.213. The van der Waals surface area contributed by atoms with Crippen LogP contribution in [-0.2, 0) is 9.47 Å². The van der Waals surface area contributed by atoms with E-state index in [0.29, 0.717) is 6.61 Å². The van der Waals surface area contributed by atoms with Crippen LogP contribution in [0, 0.1) is 0 Å². The maximum Gasteiger partial charge on any atom is 0.157 e. The molecule has 2 atom stereocenters. The number of hydrogen-bond donors (Lipinski definition) is 1. The van der Waals surface area contributed by atoms with E-state index < -0.39 is 6.29 Å². The van der Waals surface area contributed by atoms with Gasteiger partial charge in [-0.15, -0.1) is 0 Å². The molecule has 0 aromatic rings. The van der Waals surface area contributed by atoms with Gasteiger partial charge >= 0.3 is 0 Å². The van der Waals surface area contributed by atoms with Crippen LogP contribution in [0.25, 0.3) is 0 Å². The van der Waals surface area contributed by atoms with E-state index in [1.54, 1.807) is 13.8 Å². The fourth-order valence-corrected chi connectivity index (χ4v) is 0.918. The Balaban J connectivity index is 3.14. The lowest BCUT2D eigenvalue weighted by Gasteiger charge is -2.15. The highest BCUT2D eigenvalue weighted by Gasteiger charge is 2.04. The van der Waals surface area contributed by atoms with E-state index in [1.165, 1.54) is 12.8 Å². The Bertz CT molecular complexity index is 93.8.